The summed E-state index contributed by atoms with van der Waals surface area (Å²) in [4.78, 5) is 0. The zero-order valence-corrected chi connectivity index (χ0v) is 14.4. The van der Waals surface area contributed by atoms with Crippen molar-refractivity contribution in [3.05, 3.63) is 54.8 Å². The maximum atomic E-state index is 12.9. The Morgan fingerprint density at radius 2 is 1.95 bits per heavy atom. The van der Waals surface area contributed by atoms with Crippen molar-refractivity contribution in [2.45, 2.75) is 19.4 Å². The molecular weight excluding hydrogens is 393 g/mol. The molecule has 1 aromatic carbocycles. The van der Waals surface area contributed by atoms with Crippen LogP contribution in [0.2, 0.25) is 0 Å². The number of thiophene rings is 1. The second kappa shape index (κ2) is 6.97. The summed E-state index contributed by atoms with van der Waals surface area (Å²) in [6.45, 7) is 2.98. The zero-order valence-electron chi connectivity index (χ0n) is 10.4. The lowest BCUT2D eigenvalue weighted by atomic mass is 10.0. The Morgan fingerprint density at radius 1 is 1.26 bits per heavy atom. The fourth-order valence-corrected chi connectivity index (χ4v) is 4.96. The van der Waals surface area contributed by atoms with Crippen molar-refractivity contribution < 1.29 is 4.39 Å². The summed E-state index contributed by atoms with van der Waals surface area (Å²) in [5.74, 6) is -0.191. The highest BCUT2D eigenvalue weighted by Crippen LogP contribution is 2.36. The third kappa shape index (κ3) is 4.12. The molecule has 1 nitrogen and oxygen atoms in total. The van der Waals surface area contributed by atoms with Crippen molar-refractivity contribution in [3.63, 3.8) is 0 Å². The molecule has 19 heavy (non-hydrogen) atoms. The molecule has 1 aromatic heterocycles. The van der Waals surface area contributed by atoms with Gasteiger partial charge in [0.25, 0.3) is 0 Å². The summed E-state index contributed by atoms with van der Waals surface area (Å²) in [6.07, 6.45) is 0.843. The van der Waals surface area contributed by atoms with Crippen molar-refractivity contribution >= 4 is 43.2 Å². The second-order valence-electron chi connectivity index (χ2n) is 4.22. The van der Waals surface area contributed by atoms with Gasteiger partial charge in [0, 0.05) is 6.04 Å². The van der Waals surface area contributed by atoms with Crippen molar-refractivity contribution in [1.29, 1.82) is 0 Å². The van der Waals surface area contributed by atoms with Crippen molar-refractivity contribution in [2.24, 2.45) is 0 Å². The standard InChI is InChI=1S/C14H14Br2FNS/c1-2-18-12(11-8-13(15)19-14(11)16)7-9-3-5-10(17)6-4-9/h3-6,8,12,18H,2,7H2,1H3. The highest BCUT2D eigenvalue weighted by Gasteiger charge is 2.17. The lowest BCUT2D eigenvalue weighted by molar-refractivity contribution is 0.548. The Hall–Kier alpha value is -0.230. The molecule has 1 N–H and O–H groups in total. The van der Waals surface area contributed by atoms with Gasteiger partial charge in [0.15, 0.2) is 0 Å². The number of nitrogens with one attached hydrogen (secondary N) is 1. The van der Waals surface area contributed by atoms with Crippen molar-refractivity contribution in [1.82, 2.24) is 5.32 Å². The summed E-state index contributed by atoms with van der Waals surface area (Å²) < 4.78 is 15.2. The highest BCUT2D eigenvalue weighted by molar-refractivity contribution is 9.12. The van der Waals surface area contributed by atoms with Crippen molar-refractivity contribution in [2.75, 3.05) is 6.54 Å². The van der Waals surface area contributed by atoms with Crippen LogP contribution in [0.1, 0.15) is 24.1 Å². The average Bonchev–Trinajstić information content (AvgIpc) is 2.71. The number of hydrogen-bond acceptors (Lipinski definition) is 2. The molecule has 0 aliphatic heterocycles. The van der Waals surface area contributed by atoms with E-state index in [0.29, 0.717) is 0 Å². The molecule has 5 heteroatoms. The maximum absolute atomic E-state index is 12.9. The van der Waals surface area contributed by atoms with E-state index in [1.165, 1.54) is 17.7 Å². The molecule has 0 aliphatic carbocycles. The summed E-state index contributed by atoms with van der Waals surface area (Å²) >= 11 is 8.78. The van der Waals surface area contributed by atoms with Gasteiger partial charge < -0.3 is 5.32 Å². The van der Waals surface area contributed by atoms with Crippen LogP contribution in [0, 0.1) is 5.82 Å². The third-order valence-electron chi connectivity index (χ3n) is 2.86. The Bertz CT molecular complexity index is 539. The zero-order chi connectivity index (χ0) is 13.8. The topological polar surface area (TPSA) is 12.0 Å². The monoisotopic (exact) mass is 405 g/mol. The van der Waals surface area contributed by atoms with E-state index in [-0.39, 0.29) is 11.9 Å². The van der Waals surface area contributed by atoms with Crippen LogP contribution in [-0.2, 0) is 6.42 Å². The van der Waals surface area contributed by atoms with E-state index in [4.69, 9.17) is 0 Å². The van der Waals surface area contributed by atoms with Gasteiger partial charge in [0.05, 0.1) is 7.57 Å². The van der Waals surface area contributed by atoms with E-state index in [1.54, 1.807) is 11.3 Å². The summed E-state index contributed by atoms with van der Waals surface area (Å²) in [5.41, 5.74) is 2.37. The van der Waals surface area contributed by atoms with Crippen molar-refractivity contribution in [3.8, 4) is 0 Å². The molecule has 2 aromatic rings. The lowest BCUT2D eigenvalue weighted by Gasteiger charge is -2.17. The first-order valence-electron chi connectivity index (χ1n) is 6.02. The predicted molar refractivity (Wildman–Crippen MR) is 86.2 cm³/mol. The second-order valence-corrected chi connectivity index (χ2v) is 7.97. The Balaban J connectivity index is 2.20. The fraction of sp³-hybridized carbons (Fsp3) is 0.286. The van der Waals surface area contributed by atoms with E-state index >= 15 is 0 Å². The van der Waals surface area contributed by atoms with Crippen LogP contribution in [0.4, 0.5) is 4.39 Å². The van der Waals surface area contributed by atoms with Crippen LogP contribution < -0.4 is 5.32 Å². The molecular formula is C14H14Br2FNS. The molecule has 0 radical (unpaired) electrons. The average molecular weight is 407 g/mol. The minimum Gasteiger partial charge on any atom is -0.310 e. The lowest BCUT2D eigenvalue weighted by Crippen LogP contribution is -2.22. The van der Waals surface area contributed by atoms with E-state index in [9.17, 15) is 4.39 Å². The molecule has 1 atom stereocenters. The van der Waals surface area contributed by atoms with Gasteiger partial charge in [-0.1, -0.05) is 19.1 Å². The van der Waals surface area contributed by atoms with Gasteiger partial charge in [0.1, 0.15) is 5.82 Å². The first-order chi connectivity index (χ1) is 9.10. The normalized spacial score (nSPS) is 12.6. The Morgan fingerprint density at radius 3 is 2.47 bits per heavy atom. The molecule has 0 bridgehead atoms. The smallest absolute Gasteiger partial charge is 0.123 e. The largest absolute Gasteiger partial charge is 0.310 e. The van der Waals surface area contributed by atoms with Gasteiger partial charge in [-0.2, -0.15) is 0 Å². The molecule has 0 spiro atoms. The van der Waals surface area contributed by atoms with Crippen LogP contribution in [-0.4, -0.2) is 6.54 Å². The Kier molecular flexibility index (Phi) is 5.57. The number of halogens is 3. The molecule has 0 saturated carbocycles. The van der Waals surface area contributed by atoms with E-state index < -0.39 is 0 Å². The van der Waals surface area contributed by atoms with Gasteiger partial charge in [-0.05, 0) is 74.2 Å². The van der Waals surface area contributed by atoms with Crippen LogP contribution in [0.15, 0.2) is 37.9 Å². The molecule has 0 fully saturated rings. The minimum absolute atomic E-state index is 0.191. The quantitative estimate of drug-likeness (QED) is 0.709. The molecule has 1 unspecified atom stereocenters. The van der Waals surface area contributed by atoms with Gasteiger partial charge >= 0.3 is 0 Å². The Labute approximate surface area is 133 Å². The van der Waals surface area contributed by atoms with Gasteiger partial charge in [-0.15, -0.1) is 11.3 Å². The first kappa shape index (κ1) is 15.2. The fourth-order valence-electron chi connectivity index (χ4n) is 1.99. The van der Waals surface area contributed by atoms with E-state index in [0.717, 1.165) is 26.1 Å². The third-order valence-corrected chi connectivity index (χ3v) is 5.25. The SMILES string of the molecule is CCNC(Cc1ccc(F)cc1)c1cc(Br)sc1Br. The van der Waals surface area contributed by atoms with Crippen LogP contribution >= 0.6 is 43.2 Å². The highest BCUT2D eigenvalue weighted by atomic mass is 79.9. The molecule has 1 heterocycles. The predicted octanol–water partition coefficient (Wildman–Crippen LogP) is 5.31. The molecule has 0 amide bonds. The van der Waals surface area contributed by atoms with Gasteiger partial charge in [0.2, 0.25) is 0 Å². The van der Waals surface area contributed by atoms with Crippen LogP contribution in [0.5, 0.6) is 0 Å². The molecule has 0 saturated heterocycles. The van der Waals surface area contributed by atoms with E-state index in [2.05, 4.69) is 50.2 Å². The number of hydrogen-bond donors (Lipinski definition) is 1. The van der Waals surface area contributed by atoms with Gasteiger partial charge in [-0.3, -0.25) is 0 Å². The van der Waals surface area contributed by atoms with Gasteiger partial charge in [-0.25, -0.2) is 4.39 Å². The summed E-state index contributed by atoms with van der Waals surface area (Å²) in [6, 6.07) is 9.07. The minimum atomic E-state index is -0.191. The summed E-state index contributed by atoms with van der Waals surface area (Å²) in [5, 5.41) is 3.48. The number of rotatable bonds is 5. The van der Waals surface area contributed by atoms with Crippen LogP contribution in [0.3, 0.4) is 0 Å². The summed E-state index contributed by atoms with van der Waals surface area (Å²) in [7, 11) is 0. The van der Waals surface area contributed by atoms with E-state index in [1.807, 2.05) is 12.1 Å². The molecule has 102 valence electrons. The first-order valence-corrected chi connectivity index (χ1v) is 8.43. The number of benzene rings is 1. The van der Waals surface area contributed by atoms with Crippen LogP contribution in [0.25, 0.3) is 0 Å². The number of likely N-dealkylation sites (N-methyl/N-ethyl adjacent to an activating group) is 1. The molecule has 2 rings (SSSR count). The maximum Gasteiger partial charge on any atom is 0.123 e. The molecule has 0 aliphatic rings.